The van der Waals surface area contributed by atoms with Gasteiger partial charge in [-0.15, -0.1) is 11.8 Å². The zero-order valence-electron chi connectivity index (χ0n) is 21.1. The summed E-state index contributed by atoms with van der Waals surface area (Å²) in [5, 5.41) is 8.74. The van der Waals surface area contributed by atoms with Gasteiger partial charge in [0.05, 0.1) is 23.0 Å². The lowest BCUT2D eigenvalue weighted by Crippen LogP contribution is -2.44. The lowest BCUT2D eigenvalue weighted by molar-refractivity contribution is -0.121. The predicted octanol–water partition coefficient (Wildman–Crippen LogP) is 7.24. The summed E-state index contributed by atoms with van der Waals surface area (Å²) in [5.74, 6) is -0.0607. The van der Waals surface area contributed by atoms with Gasteiger partial charge < -0.3 is 20.9 Å². The van der Waals surface area contributed by atoms with E-state index in [2.05, 4.69) is 20.9 Å². The number of carbonyl (C=O) groups excluding carboxylic acids is 2. The molecule has 2 aliphatic rings. The van der Waals surface area contributed by atoms with Crippen LogP contribution in [0.15, 0.2) is 65.6 Å². The highest BCUT2D eigenvalue weighted by Crippen LogP contribution is 2.44. The maximum atomic E-state index is 13.6. The molecule has 0 bridgehead atoms. The van der Waals surface area contributed by atoms with Crippen LogP contribution in [0.1, 0.15) is 38.2 Å². The largest absolute Gasteiger partial charge is 0.362 e. The van der Waals surface area contributed by atoms with Gasteiger partial charge in [-0.3, -0.25) is 4.79 Å². The molecule has 2 atom stereocenters. The molecule has 3 aromatic rings. The van der Waals surface area contributed by atoms with Gasteiger partial charge in [-0.25, -0.2) is 13.6 Å². The number of nitrogens with zero attached hydrogens (tertiary/aromatic N) is 1. The highest BCUT2D eigenvalue weighted by atomic mass is 32.2. The minimum absolute atomic E-state index is 0.0184. The van der Waals surface area contributed by atoms with Gasteiger partial charge in [0.1, 0.15) is 11.6 Å². The summed E-state index contributed by atoms with van der Waals surface area (Å²) >= 11 is 1.59. The summed E-state index contributed by atoms with van der Waals surface area (Å²) in [6.45, 7) is 2.57. The Bertz CT molecular complexity index is 1320. The number of anilines is 4. The molecule has 9 heteroatoms. The van der Waals surface area contributed by atoms with Crippen molar-refractivity contribution in [3.63, 3.8) is 0 Å². The fraction of sp³-hybridized carbons (Fsp3) is 0.310. The minimum Gasteiger partial charge on any atom is -0.362 e. The summed E-state index contributed by atoms with van der Waals surface area (Å²) in [5.41, 5.74) is 3.51. The van der Waals surface area contributed by atoms with Crippen LogP contribution < -0.4 is 20.9 Å². The fourth-order valence-electron chi connectivity index (χ4n) is 5.28. The summed E-state index contributed by atoms with van der Waals surface area (Å²) in [7, 11) is 0. The second kappa shape index (κ2) is 11.4. The average molecular weight is 537 g/mol. The van der Waals surface area contributed by atoms with Crippen LogP contribution in [0.3, 0.4) is 0 Å². The second-order valence-corrected chi connectivity index (χ2v) is 10.9. The molecule has 1 fully saturated rings. The van der Waals surface area contributed by atoms with Crippen molar-refractivity contribution in [2.75, 3.05) is 26.6 Å². The summed E-state index contributed by atoms with van der Waals surface area (Å²) in [4.78, 5) is 29.3. The van der Waals surface area contributed by atoms with Crippen LogP contribution in [0, 0.1) is 17.6 Å². The smallest absolute Gasteiger partial charge is 0.323 e. The molecular weight excluding hydrogens is 506 g/mol. The van der Waals surface area contributed by atoms with E-state index in [4.69, 9.17) is 0 Å². The molecule has 0 unspecified atom stereocenters. The van der Waals surface area contributed by atoms with Crippen molar-refractivity contribution in [1.82, 2.24) is 0 Å². The van der Waals surface area contributed by atoms with E-state index in [1.807, 2.05) is 19.1 Å². The van der Waals surface area contributed by atoms with Gasteiger partial charge in [-0.05, 0) is 72.7 Å². The minimum atomic E-state index is -0.466. The number of fused-ring (bicyclic) bond motifs is 2. The third kappa shape index (κ3) is 5.78. The van der Waals surface area contributed by atoms with E-state index in [-0.39, 0.29) is 29.5 Å². The van der Waals surface area contributed by atoms with Gasteiger partial charge in [0.2, 0.25) is 5.91 Å². The number of carbonyl (C=O) groups is 2. The summed E-state index contributed by atoms with van der Waals surface area (Å²) < 4.78 is 26.8. The summed E-state index contributed by atoms with van der Waals surface area (Å²) in [6.07, 6.45) is 3.76. The number of rotatable bonds is 6. The standard InChI is InChI=1S/C29H30F2N4O2S/c1-2-38-27-16-26-23(15-24(27)34-29(37)32-21-13-11-20(31)12-14-21)33-28(36)22-5-3-4-6-25(22)35(26)17-18-7-9-19(30)10-8-18/h7-16,22,25H,2-6,17H2,1H3,(H,33,36)(H2,32,34,37)/t22-,25+/m1/s1. The SMILES string of the molecule is CCSc1cc2c(cc1NC(=O)Nc1ccc(F)cc1)NC(=O)[C@@H]1CCCC[C@@H]1N2Cc1ccc(F)cc1. The first-order valence-corrected chi connectivity index (χ1v) is 13.9. The van der Waals surface area contributed by atoms with E-state index >= 15 is 0 Å². The molecule has 198 valence electrons. The molecule has 0 aromatic heterocycles. The first kappa shape index (κ1) is 26.0. The Morgan fingerprint density at radius 3 is 2.39 bits per heavy atom. The monoisotopic (exact) mass is 536 g/mol. The van der Waals surface area contributed by atoms with Gasteiger partial charge in [0.25, 0.3) is 0 Å². The fourth-order valence-corrected chi connectivity index (χ4v) is 6.05. The Morgan fingerprint density at radius 1 is 1.00 bits per heavy atom. The van der Waals surface area contributed by atoms with Crippen LogP contribution in [-0.4, -0.2) is 23.7 Å². The molecule has 6 nitrogen and oxygen atoms in total. The molecule has 5 rings (SSSR count). The van der Waals surface area contributed by atoms with Crippen molar-refractivity contribution in [2.24, 2.45) is 5.92 Å². The lowest BCUT2D eigenvalue weighted by Gasteiger charge is -2.39. The lowest BCUT2D eigenvalue weighted by atomic mass is 9.83. The topological polar surface area (TPSA) is 73.5 Å². The zero-order valence-corrected chi connectivity index (χ0v) is 21.9. The molecule has 0 spiro atoms. The highest BCUT2D eigenvalue weighted by Gasteiger charge is 2.39. The van der Waals surface area contributed by atoms with Crippen LogP contribution >= 0.6 is 11.8 Å². The number of halogens is 2. The maximum absolute atomic E-state index is 13.6. The van der Waals surface area contributed by atoms with E-state index in [0.717, 1.165) is 47.6 Å². The molecule has 1 heterocycles. The number of benzene rings is 3. The molecule has 3 aromatic carbocycles. The van der Waals surface area contributed by atoms with Crippen LogP contribution in [0.4, 0.5) is 36.3 Å². The van der Waals surface area contributed by atoms with Gasteiger partial charge in [-0.2, -0.15) is 0 Å². The van der Waals surface area contributed by atoms with Gasteiger partial charge in [0.15, 0.2) is 0 Å². The molecular formula is C29H30F2N4O2S. The molecule has 1 aliphatic heterocycles. The molecule has 1 aliphatic carbocycles. The van der Waals surface area contributed by atoms with E-state index in [1.165, 1.54) is 36.4 Å². The van der Waals surface area contributed by atoms with E-state index < -0.39 is 6.03 Å². The van der Waals surface area contributed by atoms with Crippen LogP contribution in [0.25, 0.3) is 0 Å². The van der Waals surface area contributed by atoms with Crippen molar-refractivity contribution in [1.29, 1.82) is 0 Å². The average Bonchev–Trinajstić information content (AvgIpc) is 3.01. The van der Waals surface area contributed by atoms with E-state index in [1.54, 1.807) is 23.9 Å². The quantitative estimate of drug-likeness (QED) is 0.291. The zero-order chi connectivity index (χ0) is 26.6. The molecule has 3 N–H and O–H groups in total. The second-order valence-electron chi connectivity index (χ2n) is 9.59. The van der Waals surface area contributed by atoms with Crippen molar-refractivity contribution < 1.29 is 18.4 Å². The third-order valence-electron chi connectivity index (χ3n) is 7.05. The van der Waals surface area contributed by atoms with Crippen molar-refractivity contribution in [3.8, 4) is 0 Å². The third-order valence-corrected chi connectivity index (χ3v) is 7.99. The number of thioether (sulfide) groups is 1. The molecule has 1 saturated carbocycles. The maximum Gasteiger partial charge on any atom is 0.323 e. The van der Waals surface area contributed by atoms with Crippen molar-refractivity contribution in [3.05, 3.63) is 77.9 Å². The van der Waals surface area contributed by atoms with Gasteiger partial charge in [0, 0.05) is 23.2 Å². The van der Waals surface area contributed by atoms with Crippen LogP contribution in [0.5, 0.6) is 0 Å². The molecule has 3 amide bonds. The van der Waals surface area contributed by atoms with Gasteiger partial charge in [-0.1, -0.05) is 31.9 Å². The van der Waals surface area contributed by atoms with Crippen LogP contribution in [-0.2, 0) is 11.3 Å². The Kier molecular flexibility index (Phi) is 7.83. The van der Waals surface area contributed by atoms with Crippen molar-refractivity contribution >= 4 is 46.4 Å². The Labute approximate surface area is 225 Å². The number of hydrogen-bond acceptors (Lipinski definition) is 4. The number of amides is 3. The molecule has 0 radical (unpaired) electrons. The first-order valence-electron chi connectivity index (χ1n) is 12.9. The summed E-state index contributed by atoms with van der Waals surface area (Å²) in [6, 6.07) is 15.4. The van der Waals surface area contributed by atoms with E-state index in [0.29, 0.717) is 23.6 Å². The van der Waals surface area contributed by atoms with Crippen LogP contribution in [0.2, 0.25) is 0 Å². The predicted molar refractivity (Wildman–Crippen MR) is 149 cm³/mol. The highest BCUT2D eigenvalue weighted by molar-refractivity contribution is 7.99. The number of hydrogen-bond donors (Lipinski definition) is 3. The Hall–Kier alpha value is -3.59. The normalized spacial score (nSPS) is 18.6. The Morgan fingerprint density at radius 2 is 1.68 bits per heavy atom. The molecule has 38 heavy (non-hydrogen) atoms. The van der Waals surface area contributed by atoms with Crippen molar-refractivity contribution in [2.45, 2.75) is 50.1 Å². The number of nitrogens with one attached hydrogen (secondary N) is 3. The number of urea groups is 1. The molecule has 0 saturated heterocycles. The van der Waals surface area contributed by atoms with Gasteiger partial charge >= 0.3 is 6.03 Å². The Balaban J connectivity index is 1.50. The van der Waals surface area contributed by atoms with E-state index in [9.17, 15) is 18.4 Å². The first-order chi connectivity index (χ1) is 18.4.